The summed E-state index contributed by atoms with van der Waals surface area (Å²) in [6.07, 6.45) is 0. The van der Waals surface area contributed by atoms with Crippen molar-refractivity contribution in [3.8, 4) is 5.75 Å². The summed E-state index contributed by atoms with van der Waals surface area (Å²) in [4.78, 5) is 4.37. The first kappa shape index (κ1) is 14.5. The summed E-state index contributed by atoms with van der Waals surface area (Å²) in [6.45, 7) is 3.44. The number of hydrogen-bond donors (Lipinski definition) is 1. The molecule has 0 bridgehead atoms. The normalized spacial score (nSPS) is 11.0. The predicted octanol–water partition coefficient (Wildman–Crippen LogP) is 3.02. The number of imidazole rings is 1. The number of benzene rings is 2. The number of fused-ring (bicyclic) bond motifs is 1. The van der Waals surface area contributed by atoms with Crippen LogP contribution in [0.4, 0.5) is 4.39 Å². The average molecular weight is 299 g/mol. The summed E-state index contributed by atoms with van der Waals surface area (Å²) in [7, 11) is 0. The fraction of sp³-hybridized carbons (Fsp3) is 0.235. The lowest BCUT2D eigenvalue weighted by molar-refractivity contribution is 0.298. The number of ether oxygens (including phenoxy) is 1. The molecule has 0 aliphatic rings. The highest BCUT2D eigenvalue weighted by Crippen LogP contribution is 2.18. The molecule has 0 aliphatic heterocycles. The highest BCUT2D eigenvalue weighted by atomic mass is 19.1. The number of hydrogen-bond acceptors (Lipinski definition) is 3. The maximum absolute atomic E-state index is 13.3. The smallest absolute Gasteiger partial charge is 0.125 e. The fourth-order valence-electron chi connectivity index (χ4n) is 2.52. The molecule has 0 saturated heterocycles. The quantitative estimate of drug-likeness (QED) is 0.788. The van der Waals surface area contributed by atoms with Crippen molar-refractivity contribution in [2.24, 2.45) is 5.73 Å². The third-order valence-electron chi connectivity index (χ3n) is 3.55. The first-order valence-corrected chi connectivity index (χ1v) is 7.21. The molecule has 1 aromatic heterocycles. The van der Waals surface area contributed by atoms with Crippen LogP contribution in [-0.2, 0) is 13.1 Å². The van der Waals surface area contributed by atoms with Crippen LogP contribution in [0.15, 0.2) is 42.5 Å². The average Bonchev–Trinajstić information content (AvgIpc) is 2.84. The van der Waals surface area contributed by atoms with Gasteiger partial charge in [0.15, 0.2) is 0 Å². The standard InChI is InChI=1S/C17H18FN3O/c1-12-3-2-4-14(9-12)22-8-7-21-16-6-5-13(18)10-15(16)20-17(21)11-19/h2-6,9-10H,7-8,11,19H2,1H3. The lowest BCUT2D eigenvalue weighted by Crippen LogP contribution is -2.13. The molecular weight excluding hydrogens is 281 g/mol. The highest BCUT2D eigenvalue weighted by Gasteiger charge is 2.10. The minimum atomic E-state index is -0.295. The first-order valence-electron chi connectivity index (χ1n) is 7.21. The van der Waals surface area contributed by atoms with Gasteiger partial charge in [-0.15, -0.1) is 0 Å². The second-order valence-electron chi connectivity index (χ2n) is 5.18. The maximum atomic E-state index is 13.3. The van der Waals surface area contributed by atoms with E-state index in [4.69, 9.17) is 10.5 Å². The minimum Gasteiger partial charge on any atom is -0.492 e. The van der Waals surface area contributed by atoms with Crippen molar-refractivity contribution in [1.29, 1.82) is 0 Å². The monoisotopic (exact) mass is 299 g/mol. The Hall–Kier alpha value is -2.40. The second-order valence-corrected chi connectivity index (χ2v) is 5.18. The van der Waals surface area contributed by atoms with Crippen molar-refractivity contribution in [3.05, 3.63) is 59.7 Å². The molecule has 4 nitrogen and oxygen atoms in total. The van der Waals surface area contributed by atoms with E-state index in [-0.39, 0.29) is 5.82 Å². The Morgan fingerprint density at radius 1 is 1.23 bits per heavy atom. The third kappa shape index (κ3) is 2.94. The molecule has 2 N–H and O–H groups in total. The molecule has 0 aliphatic carbocycles. The minimum absolute atomic E-state index is 0.295. The van der Waals surface area contributed by atoms with Gasteiger partial charge in [0.1, 0.15) is 24.0 Å². The van der Waals surface area contributed by atoms with Gasteiger partial charge in [0.25, 0.3) is 0 Å². The zero-order valence-electron chi connectivity index (χ0n) is 12.4. The van der Waals surface area contributed by atoms with Crippen molar-refractivity contribution >= 4 is 11.0 Å². The van der Waals surface area contributed by atoms with Crippen LogP contribution in [0.2, 0.25) is 0 Å². The van der Waals surface area contributed by atoms with Crippen LogP contribution in [0.25, 0.3) is 11.0 Å². The van der Waals surface area contributed by atoms with Gasteiger partial charge in [-0.3, -0.25) is 0 Å². The Labute approximate surface area is 128 Å². The summed E-state index contributed by atoms with van der Waals surface area (Å²) in [6, 6.07) is 12.5. The van der Waals surface area contributed by atoms with Crippen molar-refractivity contribution in [1.82, 2.24) is 9.55 Å². The molecule has 0 amide bonds. The van der Waals surface area contributed by atoms with E-state index in [9.17, 15) is 4.39 Å². The van der Waals surface area contributed by atoms with Gasteiger partial charge in [0.2, 0.25) is 0 Å². The number of nitrogens with zero attached hydrogens (tertiary/aromatic N) is 2. The molecule has 0 spiro atoms. The van der Waals surface area contributed by atoms with Crippen LogP contribution in [0.1, 0.15) is 11.4 Å². The Morgan fingerprint density at radius 3 is 2.86 bits per heavy atom. The Morgan fingerprint density at radius 2 is 2.09 bits per heavy atom. The molecule has 5 heteroatoms. The van der Waals surface area contributed by atoms with E-state index in [0.717, 1.165) is 22.7 Å². The van der Waals surface area contributed by atoms with E-state index < -0.39 is 0 Å². The molecule has 22 heavy (non-hydrogen) atoms. The Balaban J connectivity index is 1.78. The number of aryl methyl sites for hydroxylation is 1. The predicted molar refractivity (Wildman–Crippen MR) is 84.3 cm³/mol. The number of aromatic nitrogens is 2. The lowest BCUT2D eigenvalue weighted by atomic mass is 10.2. The summed E-state index contributed by atoms with van der Waals surface area (Å²) in [5, 5.41) is 0. The van der Waals surface area contributed by atoms with Gasteiger partial charge in [0.05, 0.1) is 24.1 Å². The number of halogens is 1. The Kier molecular flexibility index (Phi) is 4.06. The van der Waals surface area contributed by atoms with Crippen molar-refractivity contribution in [2.75, 3.05) is 6.61 Å². The van der Waals surface area contributed by atoms with Crippen LogP contribution in [0, 0.1) is 12.7 Å². The highest BCUT2D eigenvalue weighted by molar-refractivity contribution is 5.76. The van der Waals surface area contributed by atoms with Gasteiger partial charge in [-0.2, -0.15) is 0 Å². The topological polar surface area (TPSA) is 53.1 Å². The van der Waals surface area contributed by atoms with Gasteiger partial charge in [0, 0.05) is 6.07 Å². The third-order valence-corrected chi connectivity index (χ3v) is 3.55. The first-order chi connectivity index (χ1) is 10.7. The van der Waals surface area contributed by atoms with E-state index in [2.05, 4.69) is 4.98 Å². The van der Waals surface area contributed by atoms with Crippen molar-refractivity contribution in [2.45, 2.75) is 20.0 Å². The van der Waals surface area contributed by atoms with E-state index in [0.29, 0.717) is 25.2 Å². The number of rotatable bonds is 5. The SMILES string of the molecule is Cc1cccc(OCCn2c(CN)nc3cc(F)ccc32)c1. The molecule has 3 rings (SSSR count). The van der Waals surface area contributed by atoms with Crippen LogP contribution in [0.3, 0.4) is 0 Å². The molecule has 2 aromatic carbocycles. The van der Waals surface area contributed by atoms with Crippen LogP contribution < -0.4 is 10.5 Å². The summed E-state index contributed by atoms with van der Waals surface area (Å²) >= 11 is 0. The molecule has 3 aromatic rings. The zero-order chi connectivity index (χ0) is 15.5. The van der Waals surface area contributed by atoms with Crippen LogP contribution in [-0.4, -0.2) is 16.2 Å². The molecule has 0 atom stereocenters. The second kappa shape index (κ2) is 6.15. The van der Waals surface area contributed by atoms with E-state index in [1.807, 2.05) is 35.8 Å². The summed E-state index contributed by atoms with van der Waals surface area (Å²) in [5.74, 6) is 1.27. The zero-order valence-corrected chi connectivity index (χ0v) is 12.4. The molecule has 0 fully saturated rings. The van der Waals surface area contributed by atoms with E-state index in [1.54, 1.807) is 6.07 Å². The molecule has 0 unspecified atom stereocenters. The number of nitrogens with two attached hydrogens (primary N) is 1. The largest absolute Gasteiger partial charge is 0.492 e. The maximum Gasteiger partial charge on any atom is 0.125 e. The molecule has 1 heterocycles. The van der Waals surface area contributed by atoms with Gasteiger partial charge in [-0.05, 0) is 36.8 Å². The van der Waals surface area contributed by atoms with Crippen molar-refractivity contribution < 1.29 is 9.13 Å². The molecule has 114 valence electrons. The Bertz CT molecular complexity index is 798. The van der Waals surface area contributed by atoms with E-state index >= 15 is 0 Å². The van der Waals surface area contributed by atoms with Gasteiger partial charge >= 0.3 is 0 Å². The summed E-state index contributed by atoms with van der Waals surface area (Å²) < 4.78 is 21.0. The summed E-state index contributed by atoms with van der Waals surface area (Å²) in [5.41, 5.74) is 8.38. The van der Waals surface area contributed by atoms with Gasteiger partial charge < -0.3 is 15.0 Å². The lowest BCUT2D eigenvalue weighted by Gasteiger charge is -2.10. The fourth-order valence-corrected chi connectivity index (χ4v) is 2.52. The van der Waals surface area contributed by atoms with Gasteiger partial charge in [-0.1, -0.05) is 12.1 Å². The van der Waals surface area contributed by atoms with Crippen LogP contribution >= 0.6 is 0 Å². The molecular formula is C17H18FN3O. The molecule has 0 saturated carbocycles. The van der Waals surface area contributed by atoms with Crippen molar-refractivity contribution in [3.63, 3.8) is 0 Å². The molecule has 0 radical (unpaired) electrons. The van der Waals surface area contributed by atoms with Crippen LogP contribution in [0.5, 0.6) is 5.75 Å². The van der Waals surface area contributed by atoms with E-state index in [1.165, 1.54) is 12.1 Å². The van der Waals surface area contributed by atoms with Gasteiger partial charge in [-0.25, -0.2) is 9.37 Å².